The summed E-state index contributed by atoms with van der Waals surface area (Å²) in [5, 5.41) is 23.8. The summed E-state index contributed by atoms with van der Waals surface area (Å²) in [6.45, 7) is 0. The SMILES string of the molecule is O[C@@H]1[C@@H]2OC3(O[C@@H]2[C@@H](O)C2OC4(O[C@H]21)C1CCCCC1C1CCCCC14)C1CCCCC1C1CCCCC13. The fourth-order valence-electron chi connectivity index (χ4n) is 12.5. The lowest BCUT2D eigenvalue weighted by Crippen LogP contribution is -2.61. The van der Waals surface area contributed by atoms with Crippen molar-refractivity contribution in [1.29, 1.82) is 0 Å². The van der Waals surface area contributed by atoms with Gasteiger partial charge in [-0.1, -0.05) is 51.4 Å². The van der Waals surface area contributed by atoms with Gasteiger partial charge in [0.25, 0.3) is 0 Å². The lowest BCUT2D eigenvalue weighted by molar-refractivity contribution is -0.261. The molecule has 9 unspecified atom stereocenters. The summed E-state index contributed by atoms with van der Waals surface area (Å²) in [5.74, 6) is 2.97. The maximum Gasteiger partial charge on any atom is 0.175 e. The van der Waals surface area contributed by atoms with Crippen LogP contribution >= 0.6 is 0 Å². The minimum atomic E-state index is -0.818. The standard InChI is InChI=1S/C32H48O6/c33-25-27-28(36-31(35-27)21-13-5-1-9-17(21)18-10-2-6-14-22(18)31)26(34)30-29(25)37-32(38-30)23-15-7-3-11-19(23)20-12-4-8-16-24(20)32/h17-30,33-34H,1-16H2/t17?,18?,19?,20?,21?,22?,23?,24?,25-,26-,27-,28+,29?,30+,31?,32?/m1/s1. The van der Waals surface area contributed by atoms with Gasteiger partial charge in [0, 0.05) is 23.7 Å². The second-order valence-electron chi connectivity index (χ2n) is 15.0. The van der Waals surface area contributed by atoms with Crippen molar-refractivity contribution < 1.29 is 29.2 Å². The van der Waals surface area contributed by atoms with Gasteiger partial charge in [0.05, 0.1) is 0 Å². The molecule has 7 aliphatic carbocycles. The number of aliphatic hydroxyl groups is 2. The number of hydrogen-bond donors (Lipinski definition) is 2. The zero-order valence-electron chi connectivity index (χ0n) is 22.9. The van der Waals surface area contributed by atoms with Gasteiger partial charge >= 0.3 is 0 Å². The summed E-state index contributed by atoms with van der Waals surface area (Å²) in [7, 11) is 0. The summed E-state index contributed by atoms with van der Waals surface area (Å²) >= 11 is 0. The Bertz CT molecular complexity index is 793. The molecule has 0 aromatic heterocycles. The van der Waals surface area contributed by atoms with E-state index in [1.54, 1.807) is 0 Å². The van der Waals surface area contributed by atoms with E-state index in [1.807, 2.05) is 0 Å². The molecule has 7 saturated carbocycles. The molecule has 2 heterocycles. The Kier molecular flexibility index (Phi) is 5.54. The van der Waals surface area contributed by atoms with E-state index in [0.717, 1.165) is 25.7 Å². The van der Waals surface area contributed by atoms with E-state index in [4.69, 9.17) is 18.9 Å². The van der Waals surface area contributed by atoms with Crippen molar-refractivity contribution in [2.75, 3.05) is 0 Å². The third-order valence-corrected chi connectivity index (χ3v) is 13.7. The Morgan fingerprint density at radius 1 is 0.368 bits per heavy atom. The molecule has 0 radical (unpaired) electrons. The van der Waals surface area contributed by atoms with Crippen molar-refractivity contribution in [2.45, 2.75) is 151 Å². The Balaban J connectivity index is 1.04. The topological polar surface area (TPSA) is 77.4 Å². The molecule has 0 aromatic carbocycles. The molecule has 212 valence electrons. The number of rotatable bonds is 0. The lowest BCUT2D eigenvalue weighted by atomic mass is 9.73. The molecule has 6 nitrogen and oxygen atoms in total. The van der Waals surface area contributed by atoms with Gasteiger partial charge in [-0.2, -0.15) is 0 Å². The van der Waals surface area contributed by atoms with Gasteiger partial charge in [-0.15, -0.1) is 0 Å². The molecule has 2 aliphatic heterocycles. The first-order valence-corrected chi connectivity index (χ1v) is 16.7. The van der Waals surface area contributed by atoms with E-state index in [2.05, 4.69) is 0 Å². The van der Waals surface area contributed by atoms with Gasteiger partial charge in [0.1, 0.15) is 36.6 Å². The number of fused-ring (bicyclic) bond motifs is 12. The average molecular weight is 529 g/mol. The molecule has 0 amide bonds. The largest absolute Gasteiger partial charge is 0.387 e. The minimum absolute atomic E-state index is 0.392. The maximum atomic E-state index is 11.9. The highest BCUT2D eigenvalue weighted by atomic mass is 16.8. The van der Waals surface area contributed by atoms with Crippen molar-refractivity contribution in [1.82, 2.24) is 0 Å². The third kappa shape index (κ3) is 3.01. The van der Waals surface area contributed by atoms with E-state index in [1.165, 1.54) is 77.0 Å². The Labute approximate surface area is 227 Å². The van der Waals surface area contributed by atoms with Crippen molar-refractivity contribution in [3.8, 4) is 0 Å². The van der Waals surface area contributed by atoms with E-state index in [0.29, 0.717) is 47.3 Å². The first-order chi connectivity index (χ1) is 18.6. The molecular weight excluding hydrogens is 480 g/mol. The van der Waals surface area contributed by atoms with Crippen LogP contribution in [0.25, 0.3) is 0 Å². The van der Waals surface area contributed by atoms with Crippen LogP contribution in [0.5, 0.6) is 0 Å². The van der Waals surface area contributed by atoms with Crippen molar-refractivity contribution in [2.24, 2.45) is 47.3 Å². The third-order valence-electron chi connectivity index (χ3n) is 13.7. The number of aliphatic hydroxyl groups excluding tert-OH is 2. The second-order valence-corrected chi connectivity index (χ2v) is 15.0. The van der Waals surface area contributed by atoms with E-state index in [9.17, 15) is 10.2 Å². The predicted molar refractivity (Wildman–Crippen MR) is 139 cm³/mol. The molecule has 9 aliphatic rings. The molecule has 14 atom stereocenters. The average Bonchev–Trinajstić information content (AvgIpc) is 3.71. The fourth-order valence-corrected chi connectivity index (χ4v) is 12.5. The molecule has 6 heteroatoms. The van der Waals surface area contributed by atoms with E-state index in [-0.39, 0.29) is 0 Å². The summed E-state index contributed by atoms with van der Waals surface area (Å²) in [5.41, 5.74) is 0. The Morgan fingerprint density at radius 2 is 0.605 bits per heavy atom. The fraction of sp³-hybridized carbons (Fsp3) is 1.00. The van der Waals surface area contributed by atoms with E-state index < -0.39 is 48.2 Å². The smallest absolute Gasteiger partial charge is 0.175 e. The second kappa shape index (κ2) is 8.64. The highest BCUT2D eigenvalue weighted by Gasteiger charge is 2.74. The minimum Gasteiger partial charge on any atom is -0.387 e. The van der Waals surface area contributed by atoms with Gasteiger partial charge < -0.3 is 29.2 Å². The van der Waals surface area contributed by atoms with Crippen LogP contribution in [0.4, 0.5) is 0 Å². The van der Waals surface area contributed by atoms with Crippen LogP contribution in [0.15, 0.2) is 0 Å². The molecule has 38 heavy (non-hydrogen) atoms. The number of ether oxygens (including phenoxy) is 4. The normalized spacial score (nSPS) is 62.7. The Morgan fingerprint density at radius 3 is 0.868 bits per heavy atom. The summed E-state index contributed by atoms with van der Waals surface area (Å²) < 4.78 is 28.2. The van der Waals surface area contributed by atoms with Gasteiger partial charge in [0.2, 0.25) is 0 Å². The quantitative estimate of drug-likeness (QED) is 0.464. The van der Waals surface area contributed by atoms with Crippen molar-refractivity contribution in [3.63, 3.8) is 0 Å². The van der Waals surface area contributed by atoms with Gasteiger partial charge in [-0.05, 0) is 75.0 Å². The molecule has 0 aromatic rings. The summed E-state index contributed by atoms with van der Waals surface area (Å²) in [6.07, 6.45) is 16.2. The molecule has 9 rings (SSSR count). The van der Waals surface area contributed by atoms with Crippen LogP contribution in [-0.4, -0.2) is 58.4 Å². The first kappa shape index (κ1) is 24.4. The van der Waals surface area contributed by atoms with Gasteiger partial charge in [-0.25, -0.2) is 0 Å². The summed E-state index contributed by atoms with van der Waals surface area (Å²) in [6, 6.07) is 0. The van der Waals surface area contributed by atoms with Crippen molar-refractivity contribution in [3.05, 3.63) is 0 Å². The Hall–Kier alpha value is -0.240. The van der Waals surface area contributed by atoms with Crippen molar-refractivity contribution >= 4 is 0 Å². The van der Waals surface area contributed by atoms with Gasteiger partial charge in [-0.3, -0.25) is 0 Å². The van der Waals surface area contributed by atoms with Crippen LogP contribution < -0.4 is 0 Å². The molecule has 0 bridgehead atoms. The highest BCUT2D eigenvalue weighted by molar-refractivity contribution is 5.17. The molecule has 2 saturated heterocycles. The number of hydrogen-bond acceptors (Lipinski definition) is 6. The molecule has 2 spiro atoms. The molecule has 9 fully saturated rings. The lowest BCUT2D eigenvalue weighted by Gasteiger charge is -2.40. The first-order valence-electron chi connectivity index (χ1n) is 16.7. The summed E-state index contributed by atoms with van der Waals surface area (Å²) in [4.78, 5) is 0. The van der Waals surface area contributed by atoms with E-state index >= 15 is 0 Å². The van der Waals surface area contributed by atoms with Gasteiger partial charge in [0.15, 0.2) is 11.6 Å². The highest BCUT2D eigenvalue weighted by Crippen LogP contribution is 2.67. The zero-order valence-corrected chi connectivity index (χ0v) is 22.9. The van der Waals surface area contributed by atoms with Crippen LogP contribution in [-0.2, 0) is 18.9 Å². The molecule has 2 N–H and O–H groups in total. The van der Waals surface area contributed by atoms with Crippen LogP contribution in [0.2, 0.25) is 0 Å². The monoisotopic (exact) mass is 528 g/mol. The molecular formula is C32H48O6. The van der Waals surface area contributed by atoms with Crippen LogP contribution in [0.1, 0.15) is 103 Å². The van der Waals surface area contributed by atoms with Crippen LogP contribution in [0, 0.1) is 47.3 Å². The maximum absolute atomic E-state index is 11.9. The predicted octanol–water partition coefficient (Wildman–Crippen LogP) is 4.94. The van der Waals surface area contributed by atoms with Crippen LogP contribution in [0.3, 0.4) is 0 Å². The zero-order chi connectivity index (χ0) is 25.2.